The lowest BCUT2D eigenvalue weighted by atomic mass is 9.90. The second kappa shape index (κ2) is 7.26. The van der Waals surface area contributed by atoms with Gasteiger partial charge in [-0.2, -0.15) is 0 Å². The van der Waals surface area contributed by atoms with E-state index in [0.29, 0.717) is 6.42 Å². The molecule has 3 atom stereocenters. The molecule has 5 heteroatoms. The summed E-state index contributed by atoms with van der Waals surface area (Å²) in [5.74, 6) is 0. The quantitative estimate of drug-likeness (QED) is 0.743. The summed E-state index contributed by atoms with van der Waals surface area (Å²) in [6.07, 6.45) is -1.13. The summed E-state index contributed by atoms with van der Waals surface area (Å²) in [5.41, 5.74) is -0.517. The summed E-state index contributed by atoms with van der Waals surface area (Å²) in [6, 6.07) is 8.69. The number of rotatable bonds is 6. The molecule has 1 rings (SSSR count). The van der Waals surface area contributed by atoms with Gasteiger partial charge in [0.2, 0.25) is 0 Å². The van der Waals surface area contributed by atoms with E-state index in [9.17, 15) is 15.0 Å². The van der Waals surface area contributed by atoms with Crippen LogP contribution in [0.4, 0.5) is 4.79 Å². The lowest BCUT2D eigenvalue weighted by molar-refractivity contribution is -0.0819. The van der Waals surface area contributed by atoms with Crippen LogP contribution in [0.25, 0.3) is 0 Å². The highest BCUT2D eigenvalue weighted by Crippen LogP contribution is 2.17. The van der Waals surface area contributed by atoms with Crippen LogP contribution in [0.15, 0.2) is 30.3 Å². The molecular formula is C15H23NO4. The normalized spacial score (nSPS) is 16.9. The van der Waals surface area contributed by atoms with E-state index in [1.807, 2.05) is 30.3 Å². The van der Waals surface area contributed by atoms with Gasteiger partial charge in [0.15, 0.2) is 0 Å². The molecule has 1 aromatic carbocycles. The van der Waals surface area contributed by atoms with Crippen molar-refractivity contribution >= 4 is 6.09 Å². The molecule has 112 valence electrons. The maximum atomic E-state index is 11.7. The van der Waals surface area contributed by atoms with Gasteiger partial charge in [0.1, 0.15) is 12.2 Å². The minimum Gasteiger partial charge on any atom is -0.445 e. The van der Waals surface area contributed by atoms with Crippen LogP contribution in [-0.2, 0) is 11.3 Å². The molecule has 0 heterocycles. The molecule has 0 aliphatic heterocycles. The zero-order valence-electron chi connectivity index (χ0n) is 12.2. The minimum atomic E-state index is -1.40. The van der Waals surface area contributed by atoms with E-state index >= 15 is 0 Å². The van der Waals surface area contributed by atoms with Gasteiger partial charge in [0.05, 0.1) is 12.1 Å². The molecule has 1 amide bonds. The Hall–Kier alpha value is -1.59. The lowest BCUT2D eigenvalue weighted by Gasteiger charge is -2.34. The molecule has 20 heavy (non-hydrogen) atoms. The summed E-state index contributed by atoms with van der Waals surface area (Å²) >= 11 is 0. The zero-order chi connectivity index (χ0) is 15.2. The fourth-order valence-corrected chi connectivity index (χ4v) is 1.79. The third kappa shape index (κ3) is 4.51. The number of ether oxygens (including phenoxy) is 1. The van der Waals surface area contributed by atoms with Crippen molar-refractivity contribution in [3.05, 3.63) is 35.9 Å². The summed E-state index contributed by atoms with van der Waals surface area (Å²) in [6.45, 7) is 5.05. The molecule has 0 unspecified atom stereocenters. The minimum absolute atomic E-state index is 0.165. The molecule has 3 N–H and O–H groups in total. The van der Waals surface area contributed by atoms with Crippen LogP contribution >= 0.6 is 0 Å². The van der Waals surface area contributed by atoms with E-state index in [4.69, 9.17) is 4.74 Å². The Bertz CT molecular complexity index is 419. The number of benzene rings is 1. The molecule has 0 bridgehead atoms. The first kappa shape index (κ1) is 16.5. The van der Waals surface area contributed by atoms with Gasteiger partial charge < -0.3 is 20.3 Å². The van der Waals surface area contributed by atoms with Crippen molar-refractivity contribution in [1.29, 1.82) is 0 Å². The van der Waals surface area contributed by atoms with Crippen LogP contribution in [0.1, 0.15) is 32.8 Å². The first-order valence-corrected chi connectivity index (χ1v) is 6.75. The molecule has 0 saturated heterocycles. The fourth-order valence-electron chi connectivity index (χ4n) is 1.79. The third-order valence-electron chi connectivity index (χ3n) is 3.49. The van der Waals surface area contributed by atoms with Gasteiger partial charge in [-0.15, -0.1) is 0 Å². The van der Waals surface area contributed by atoms with E-state index in [0.717, 1.165) is 5.56 Å². The lowest BCUT2D eigenvalue weighted by Crippen LogP contribution is -2.55. The summed E-state index contributed by atoms with van der Waals surface area (Å²) in [7, 11) is 0. The summed E-state index contributed by atoms with van der Waals surface area (Å²) < 4.78 is 5.06. The zero-order valence-corrected chi connectivity index (χ0v) is 12.2. The van der Waals surface area contributed by atoms with Crippen LogP contribution < -0.4 is 5.32 Å². The van der Waals surface area contributed by atoms with Gasteiger partial charge in [-0.3, -0.25) is 0 Å². The molecule has 5 nitrogen and oxygen atoms in total. The van der Waals surface area contributed by atoms with Crippen molar-refractivity contribution < 1.29 is 19.7 Å². The average Bonchev–Trinajstić information content (AvgIpc) is 2.45. The van der Waals surface area contributed by atoms with Gasteiger partial charge in [0, 0.05) is 0 Å². The summed E-state index contributed by atoms with van der Waals surface area (Å²) in [5, 5.41) is 22.4. The smallest absolute Gasteiger partial charge is 0.407 e. The number of nitrogens with one attached hydrogen (secondary N) is 1. The van der Waals surface area contributed by atoms with E-state index in [-0.39, 0.29) is 6.61 Å². The van der Waals surface area contributed by atoms with Crippen LogP contribution in [0.5, 0.6) is 0 Å². The number of hydrogen-bond donors (Lipinski definition) is 3. The molecule has 0 spiro atoms. The third-order valence-corrected chi connectivity index (χ3v) is 3.49. The Labute approximate surface area is 119 Å². The van der Waals surface area contributed by atoms with Crippen molar-refractivity contribution in [3.8, 4) is 0 Å². The number of alkyl carbamates (subject to hydrolysis) is 1. The van der Waals surface area contributed by atoms with Crippen LogP contribution in [0.2, 0.25) is 0 Å². The van der Waals surface area contributed by atoms with Crippen LogP contribution in [-0.4, -0.2) is 34.1 Å². The van der Waals surface area contributed by atoms with Crippen molar-refractivity contribution in [3.63, 3.8) is 0 Å². The van der Waals surface area contributed by atoms with Crippen molar-refractivity contribution in [2.45, 2.75) is 51.5 Å². The average molecular weight is 281 g/mol. The maximum Gasteiger partial charge on any atom is 0.407 e. The molecule has 0 saturated carbocycles. The number of aliphatic hydroxyl groups excluding tert-OH is 1. The number of hydrogen-bond acceptors (Lipinski definition) is 4. The van der Waals surface area contributed by atoms with E-state index in [1.165, 1.54) is 6.92 Å². The highest BCUT2D eigenvalue weighted by molar-refractivity contribution is 5.67. The summed E-state index contributed by atoms with van der Waals surface area (Å²) in [4.78, 5) is 11.7. The standard InChI is InChI=1S/C15H23NO4/c1-4-13(17)15(3,19)11(2)16-14(18)20-10-12-8-6-5-7-9-12/h5-9,11,13,17,19H,4,10H2,1-3H3,(H,16,18)/t11-,13+,15+/m0/s1. The van der Waals surface area contributed by atoms with Crippen molar-refractivity contribution in [2.24, 2.45) is 0 Å². The predicted molar refractivity (Wildman–Crippen MR) is 76.1 cm³/mol. The van der Waals surface area contributed by atoms with Crippen LogP contribution in [0, 0.1) is 0 Å². The molecule has 0 fully saturated rings. The Morgan fingerprint density at radius 1 is 1.40 bits per heavy atom. The van der Waals surface area contributed by atoms with Gasteiger partial charge in [-0.25, -0.2) is 4.79 Å². The van der Waals surface area contributed by atoms with E-state index in [2.05, 4.69) is 5.32 Å². The number of aliphatic hydroxyl groups is 2. The molecular weight excluding hydrogens is 258 g/mol. The first-order chi connectivity index (χ1) is 9.37. The second-order valence-electron chi connectivity index (χ2n) is 5.08. The van der Waals surface area contributed by atoms with Crippen LogP contribution in [0.3, 0.4) is 0 Å². The molecule has 0 aliphatic carbocycles. The Kier molecular flexibility index (Phi) is 5.98. The molecule has 0 radical (unpaired) electrons. The number of amides is 1. The monoisotopic (exact) mass is 281 g/mol. The number of carbonyl (C=O) groups is 1. The highest BCUT2D eigenvalue weighted by atomic mass is 16.5. The SMILES string of the molecule is CC[C@@H](O)[C@](C)(O)[C@H](C)NC(=O)OCc1ccccc1. The first-order valence-electron chi connectivity index (χ1n) is 6.75. The van der Waals surface area contributed by atoms with Gasteiger partial charge in [-0.1, -0.05) is 37.3 Å². The predicted octanol–water partition coefficient (Wildman–Crippen LogP) is 1.82. The van der Waals surface area contributed by atoms with Crippen molar-refractivity contribution in [1.82, 2.24) is 5.32 Å². The molecule has 1 aromatic rings. The second-order valence-corrected chi connectivity index (χ2v) is 5.08. The Balaban J connectivity index is 2.46. The fraction of sp³-hybridized carbons (Fsp3) is 0.533. The van der Waals surface area contributed by atoms with E-state index < -0.39 is 23.8 Å². The largest absolute Gasteiger partial charge is 0.445 e. The van der Waals surface area contributed by atoms with Gasteiger partial charge in [0.25, 0.3) is 0 Å². The Morgan fingerprint density at radius 3 is 2.55 bits per heavy atom. The topological polar surface area (TPSA) is 78.8 Å². The molecule has 0 aliphatic rings. The highest BCUT2D eigenvalue weighted by Gasteiger charge is 2.36. The van der Waals surface area contributed by atoms with Crippen molar-refractivity contribution in [2.75, 3.05) is 0 Å². The maximum absolute atomic E-state index is 11.7. The van der Waals surface area contributed by atoms with E-state index in [1.54, 1.807) is 13.8 Å². The van der Waals surface area contributed by atoms with Gasteiger partial charge >= 0.3 is 6.09 Å². The number of carbonyl (C=O) groups excluding carboxylic acids is 1. The Morgan fingerprint density at radius 2 is 2.00 bits per heavy atom. The van der Waals surface area contributed by atoms with Gasteiger partial charge in [-0.05, 0) is 25.8 Å². The molecule has 0 aromatic heterocycles.